The number of amides is 1. The van der Waals surface area contributed by atoms with Crippen LogP contribution in [0.4, 0.5) is 4.79 Å². The van der Waals surface area contributed by atoms with Gasteiger partial charge in [0.05, 0.1) is 0 Å². The summed E-state index contributed by atoms with van der Waals surface area (Å²) in [5.74, 6) is 0. The molecule has 1 amide bonds. The van der Waals surface area contributed by atoms with Crippen molar-refractivity contribution in [1.29, 1.82) is 0 Å². The highest BCUT2D eigenvalue weighted by atomic mass is 32.1. The van der Waals surface area contributed by atoms with Crippen molar-refractivity contribution in [3.05, 3.63) is 82.7 Å². The van der Waals surface area contributed by atoms with Crippen LogP contribution >= 0.6 is 11.3 Å². The topological polar surface area (TPSA) is 55.6 Å². The quantitative estimate of drug-likeness (QED) is 0.639. The summed E-state index contributed by atoms with van der Waals surface area (Å²) in [5, 5.41) is 0. The summed E-state index contributed by atoms with van der Waals surface area (Å²) in [5.41, 5.74) is 9.16. The Balaban J connectivity index is 1.68. The minimum absolute atomic E-state index is 0.0200. The molecule has 1 aromatic heterocycles. The third kappa shape index (κ3) is 4.96. The number of thiophene rings is 1. The van der Waals surface area contributed by atoms with E-state index in [0.29, 0.717) is 6.54 Å². The van der Waals surface area contributed by atoms with E-state index in [9.17, 15) is 4.79 Å². The molecule has 0 aliphatic carbocycles. The smallest absolute Gasteiger partial charge is 0.410 e. The van der Waals surface area contributed by atoms with E-state index < -0.39 is 0 Å². The minimum atomic E-state index is -0.337. The van der Waals surface area contributed by atoms with Gasteiger partial charge in [-0.15, -0.1) is 11.3 Å². The van der Waals surface area contributed by atoms with E-state index >= 15 is 0 Å². The van der Waals surface area contributed by atoms with Crippen molar-refractivity contribution < 1.29 is 9.53 Å². The van der Waals surface area contributed by atoms with Crippen molar-refractivity contribution in [3.8, 4) is 10.4 Å². The summed E-state index contributed by atoms with van der Waals surface area (Å²) in [6.45, 7) is 2.74. The normalized spacial score (nSPS) is 11.8. The number of hydrogen-bond acceptors (Lipinski definition) is 4. The lowest BCUT2D eigenvalue weighted by molar-refractivity contribution is 0.103. The van der Waals surface area contributed by atoms with Crippen LogP contribution in [0.3, 0.4) is 0 Å². The van der Waals surface area contributed by atoms with Gasteiger partial charge >= 0.3 is 6.09 Å². The molecule has 5 heteroatoms. The molecule has 0 saturated heterocycles. The third-order valence-corrected chi connectivity index (χ3v) is 5.60. The fourth-order valence-electron chi connectivity index (χ4n) is 2.79. The molecular weight excluding hydrogens is 356 g/mol. The van der Waals surface area contributed by atoms with Crippen LogP contribution in [-0.4, -0.2) is 18.0 Å². The zero-order valence-electron chi connectivity index (χ0n) is 15.6. The zero-order chi connectivity index (χ0) is 19.2. The molecule has 0 unspecified atom stereocenters. The molecular formula is C22H24N2O2S. The van der Waals surface area contributed by atoms with Crippen molar-refractivity contribution in [3.63, 3.8) is 0 Å². The third-order valence-electron chi connectivity index (χ3n) is 4.28. The van der Waals surface area contributed by atoms with Gasteiger partial charge in [0, 0.05) is 29.4 Å². The van der Waals surface area contributed by atoms with Crippen LogP contribution in [0.5, 0.6) is 0 Å². The molecule has 0 fully saturated rings. The predicted molar refractivity (Wildman–Crippen MR) is 110 cm³/mol. The largest absolute Gasteiger partial charge is 0.445 e. The molecule has 3 aromatic rings. The number of nitrogens with two attached hydrogens (primary N) is 1. The molecule has 4 nitrogen and oxygen atoms in total. The monoisotopic (exact) mass is 380 g/mol. The van der Waals surface area contributed by atoms with Gasteiger partial charge in [-0.3, -0.25) is 0 Å². The van der Waals surface area contributed by atoms with Gasteiger partial charge in [0.25, 0.3) is 0 Å². The average molecular weight is 381 g/mol. The molecule has 140 valence electrons. The first-order valence-corrected chi connectivity index (χ1v) is 9.71. The van der Waals surface area contributed by atoms with Gasteiger partial charge in [-0.25, -0.2) is 4.79 Å². The van der Waals surface area contributed by atoms with Gasteiger partial charge in [-0.2, -0.15) is 0 Å². The number of carbonyl (C=O) groups excluding carboxylic acids is 1. The first-order valence-electron chi connectivity index (χ1n) is 8.90. The average Bonchev–Trinajstić information content (AvgIpc) is 3.17. The molecule has 1 heterocycles. The predicted octanol–water partition coefficient (Wildman–Crippen LogP) is 5.20. The fraction of sp³-hybridized carbons (Fsp3) is 0.227. The molecule has 0 spiro atoms. The van der Waals surface area contributed by atoms with Crippen LogP contribution < -0.4 is 5.73 Å². The zero-order valence-corrected chi connectivity index (χ0v) is 16.4. The second-order valence-corrected chi connectivity index (χ2v) is 7.66. The van der Waals surface area contributed by atoms with E-state index in [1.54, 1.807) is 23.3 Å². The van der Waals surface area contributed by atoms with Gasteiger partial charge < -0.3 is 15.4 Å². The molecule has 2 N–H and O–H groups in total. The summed E-state index contributed by atoms with van der Waals surface area (Å²) >= 11 is 1.69. The molecule has 0 radical (unpaired) electrons. The number of benzene rings is 2. The number of hydrogen-bond donors (Lipinski definition) is 1. The Hall–Kier alpha value is -2.63. The maximum absolute atomic E-state index is 12.4. The summed E-state index contributed by atoms with van der Waals surface area (Å²) in [4.78, 5) is 16.3. The molecule has 0 aliphatic heterocycles. The molecule has 0 bridgehead atoms. The van der Waals surface area contributed by atoms with Crippen molar-refractivity contribution >= 4 is 17.4 Å². The first-order chi connectivity index (χ1) is 13.0. The van der Waals surface area contributed by atoms with Crippen molar-refractivity contribution in [2.45, 2.75) is 26.1 Å². The Morgan fingerprint density at radius 2 is 1.78 bits per heavy atom. The van der Waals surface area contributed by atoms with Crippen LogP contribution in [0.2, 0.25) is 0 Å². The van der Waals surface area contributed by atoms with Crippen molar-refractivity contribution in [2.24, 2.45) is 5.73 Å². The molecule has 1 atom stereocenters. The second-order valence-electron chi connectivity index (χ2n) is 6.54. The first kappa shape index (κ1) is 19.1. The van der Waals surface area contributed by atoms with E-state index in [-0.39, 0.29) is 18.7 Å². The van der Waals surface area contributed by atoms with Crippen LogP contribution in [-0.2, 0) is 17.9 Å². The molecule has 0 aliphatic rings. The van der Waals surface area contributed by atoms with E-state index in [4.69, 9.17) is 10.5 Å². The SMILES string of the molecule is C[C@H](N)c1ccc(-c2ccccc2CN(C)C(=O)OCc2ccccc2)s1. The minimum Gasteiger partial charge on any atom is -0.445 e. The highest BCUT2D eigenvalue weighted by molar-refractivity contribution is 7.15. The van der Waals surface area contributed by atoms with E-state index in [0.717, 1.165) is 26.4 Å². The molecule has 3 rings (SSSR count). The lowest BCUT2D eigenvalue weighted by Gasteiger charge is -2.19. The van der Waals surface area contributed by atoms with Gasteiger partial charge in [0.15, 0.2) is 0 Å². The number of carbonyl (C=O) groups is 1. The summed E-state index contributed by atoms with van der Waals surface area (Å²) in [6.07, 6.45) is -0.337. The summed E-state index contributed by atoms with van der Waals surface area (Å²) in [6, 6.07) is 22.0. The van der Waals surface area contributed by atoms with Gasteiger partial charge in [0.1, 0.15) is 6.61 Å². The maximum atomic E-state index is 12.4. The Kier molecular flexibility index (Phi) is 6.27. The standard InChI is InChI=1S/C22H24N2O2S/c1-16(23)20-12-13-21(27-20)19-11-7-6-10-18(19)14-24(2)22(25)26-15-17-8-4-3-5-9-17/h3-13,16H,14-15,23H2,1-2H3/t16-/m0/s1. The molecule has 27 heavy (non-hydrogen) atoms. The van der Waals surface area contributed by atoms with E-state index in [2.05, 4.69) is 18.2 Å². The van der Waals surface area contributed by atoms with Crippen LogP contribution in [0.25, 0.3) is 10.4 Å². The lowest BCUT2D eigenvalue weighted by Crippen LogP contribution is -2.27. The number of ether oxygens (including phenoxy) is 1. The Morgan fingerprint density at radius 1 is 1.07 bits per heavy atom. The van der Waals surface area contributed by atoms with Crippen LogP contribution in [0.15, 0.2) is 66.7 Å². The van der Waals surface area contributed by atoms with Crippen LogP contribution in [0.1, 0.15) is 29.0 Å². The second kappa shape index (κ2) is 8.84. The van der Waals surface area contributed by atoms with E-state index in [1.807, 2.05) is 55.5 Å². The highest BCUT2D eigenvalue weighted by Crippen LogP contribution is 2.33. The maximum Gasteiger partial charge on any atom is 0.410 e. The lowest BCUT2D eigenvalue weighted by atomic mass is 10.1. The van der Waals surface area contributed by atoms with Gasteiger partial charge in [-0.05, 0) is 35.7 Å². The van der Waals surface area contributed by atoms with Crippen molar-refractivity contribution in [1.82, 2.24) is 4.90 Å². The van der Waals surface area contributed by atoms with Gasteiger partial charge in [0.2, 0.25) is 0 Å². The number of rotatable bonds is 6. The highest BCUT2D eigenvalue weighted by Gasteiger charge is 2.15. The summed E-state index contributed by atoms with van der Waals surface area (Å²) in [7, 11) is 1.76. The van der Waals surface area contributed by atoms with E-state index in [1.165, 1.54) is 0 Å². The molecule has 2 aromatic carbocycles. The fourth-order valence-corrected chi connectivity index (χ4v) is 3.81. The van der Waals surface area contributed by atoms with Crippen molar-refractivity contribution in [2.75, 3.05) is 7.05 Å². The van der Waals surface area contributed by atoms with Crippen LogP contribution in [0, 0.1) is 0 Å². The number of nitrogens with zero attached hydrogens (tertiary/aromatic N) is 1. The Labute approximate surface area is 164 Å². The Morgan fingerprint density at radius 3 is 2.48 bits per heavy atom. The summed E-state index contributed by atoms with van der Waals surface area (Å²) < 4.78 is 5.42. The Bertz CT molecular complexity index is 890. The molecule has 0 saturated carbocycles. The van der Waals surface area contributed by atoms with Gasteiger partial charge in [-0.1, -0.05) is 54.6 Å².